The van der Waals surface area contributed by atoms with Gasteiger partial charge < -0.3 is 29.5 Å². The van der Waals surface area contributed by atoms with Crippen LogP contribution in [0, 0.1) is 34.4 Å². The van der Waals surface area contributed by atoms with E-state index in [9.17, 15) is 30.4 Å². The van der Waals surface area contributed by atoms with E-state index in [0.717, 1.165) is 37.6 Å². The maximum Gasteiger partial charge on any atom is 2.00 e. The fourth-order valence-corrected chi connectivity index (χ4v) is 4.62. The number of phenols is 2. The second-order valence-corrected chi connectivity index (χ2v) is 10.2. The first-order valence-electron chi connectivity index (χ1n) is 15.4. The summed E-state index contributed by atoms with van der Waals surface area (Å²) < 4.78 is 9.77. The van der Waals surface area contributed by atoms with Crippen LogP contribution in [0.1, 0.15) is 27.7 Å². The molecule has 4 aromatic carbocycles. The molecular weight excluding hydrogens is 707 g/mol. The minimum Gasteiger partial charge on any atom is -0.664 e. The molecule has 271 valence electrons. The van der Waals surface area contributed by atoms with Gasteiger partial charge in [-0.15, -0.1) is 20.5 Å². The van der Waals surface area contributed by atoms with Crippen LogP contribution in [-0.2, 0) is 16.8 Å². The molecule has 0 amide bonds. The predicted molar refractivity (Wildman–Crippen MR) is 190 cm³/mol. The number of benzene rings is 4. The summed E-state index contributed by atoms with van der Waals surface area (Å²) in [5, 5.41) is 57.9. The zero-order valence-electron chi connectivity index (χ0n) is 28.4. The molecule has 4 rings (SSSR count). The molecule has 0 saturated carbocycles. The molecule has 0 fully saturated rings. The number of hydrogen-bond donors (Lipinski definition) is 2. The van der Waals surface area contributed by atoms with Gasteiger partial charge in [0.2, 0.25) is 0 Å². The topological polar surface area (TPSA) is 201 Å². The van der Waals surface area contributed by atoms with Gasteiger partial charge in [-0.05, 0) is 64.1 Å². The first-order valence-corrected chi connectivity index (χ1v) is 15.4. The Kier molecular flexibility index (Phi) is 16.2. The molecule has 0 aromatic heterocycles. The van der Waals surface area contributed by atoms with Crippen LogP contribution < -0.4 is 19.3 Å². The van der Waals surface area contributed by atoms with E-state index in [4.69, 9.17) is 9.47 Å². The maximum absolute atomic E-state index is 10.9. The summed E-state index contributed by atoms with van der Waals surface area (Å²) in [6, 6.07) is 17.9. The fourth-order valence-electron chi connectivity index (χ4n) is 4.62. The van der Waals surface area contributed by atoms with Crippen molar-refractivity contribution in [1.29, 1.82) is 0 Å². The number of rotatable bonds is 14. The molecule has 16 nitrogen and oxygen atoms in total. The van der Waals surface area contributed by atoms with Crippen molar-refractivity contribution in [2.24, 2.45) is 20.5 Å². The van der Waals surface area contributed by atoms with Crippen molar-refractivity contribution >= 4 is 45.5 Å². The predicted octanol–water partition coefficient (Wildman–Crippen LogP) is 9.46. The molecule has 0 bridgehead atoms. The Balaban J connectivity index is 0.000000347. The molecule has 1 radical (unpaired) electrons. The third kappa shape index (κ3) is 11.1. The molecule has 0 aliphatic rings. The average Bonchev–Trinajstić information content (AvgIpc) is 3.11. The van der Waals surface area contributed by atoms with Gasteiger partial charge in [0.05, 0.1) is 9.85 Å². The van der Waals surface area contributed by atoms with Crippen LogP contribution in [0.3, 0.4) is 0 Å². The van der Waals surface area contributed by atoms with Crippen LogP contribution in [0.4, 0.5) is 45.5 Å². The maximum atomic E-state index is 10.9. The zero-order chi connectivity index (χ0) is 36.8. The molecule has 0 saturated heterocycles. The number of non-ortho nitro benzene ring substituents is 2. The summed E-state index contributed by atoms with van der Waals surface area (Å²) in [6.45, 7) is 11.4. The summed E-state index contributed by atoms with van der Waals surface area (Å²) >= 11 is 0. The third-order valence-electron chi connectivity index (χ3n) is 7.32. The van der Waals surface area contributed by atoms with Crippen molar-refractivity contribution in [2.75, 3.05) is 36.0 Å². The van der Waals surface area contributed by atoms with Crippen LogP contribution in [-0.4, -0.2) is 46.2 Å². The Morgan fingerprint density at radius 1 is 0.588 bits per heavy atom. The van der Waals surface area contributed by atoms with Gasteiger partial charge in [-0.3, -0.25) is 20.2 Å². The number of nitrogens with zero attached hydrogens (tertiary/aromatic N) is 8. The van der Waals surface area contributed by atoms with Gasteiger partial charge in [0.15, 0.2) is 0 Å². The molecule has 0 heterocycles. The summed E-state index contributed by atoms with van der Waals surface area (Å²) in [7, 11) is 6.57. The molecule has 0 spiro atoms. The second kappa shape index (κ2) is 20.0. The van der Waals surface area contributed by atoms with E-state index in [-0.39, 0.29) is 73.9 Å². The Morgan fingerprint density at radius 3 is 1.20 bits per heavy atom. The van der Waals surface area contributed by atoms with Gasteiger partial charge in [-0.1, -0.05) is 0 Å². The average molecular weight is 746 g/mol. The van der Waals surface area contributed by atoms with E-state index >= 15 is 0 Å². The minimum absolute atomic E-state index is 0. The molecule has 0 aliphatic heterocycles. The number of anilines is 2. The van der Waals surface area contributed by atoms with Gasteiger partial charge >= 0.3 is 16.8 Å². The zero-order valence-corrected chi connectivity index (χ0v) is 29.5. The Hall–Kier alpha value is -5.81. The normalized spacial score (nSPS) is 10.6. The number of nitro groups is 2. The van der Waals surface area contributed by atoms with Gasteiger partial charge in [0, 0.05) is 74.0 Å². The summed E-state index contributed by atoms with van der Waals surface area (Å²) in [5.74, 6) is 0.425. The van der Waals surface area contributed by atoms with Crippen LogP contribution in [0.15, 0.2) is 93.3 Å². The van der Waals surface area contributed by atoms with Crippen molar-refractivity contribution in [2.45, 2.75) is 27.7 Å². The molecule has 0 aliphatic carbocycles. The third-order valence-corrected chi connectivity index (χ3v) is 7.32. The van der Waals surface area contributed by atoms with E-state index in [1.54, 1.807) is 24.3 Å². The smallest absolute Gasteiger partial charge is 0.664 e. The van der Waals surface area contributed by atoms with Crippen molar-refractivity contribution in [1.82, 2.24) is 0 Å². The van der Waals surface area contributed by atoms with E-state index < -0.39 is 9.85 Å². The fraction of sp³-hybridized carbons (Fsp3) is 0.235. The summed E-state index contributed by atoms with van der Waals surface area (Å²) in [4.78, 5) is 24.8. The standard InChI is InChI=1S/2C17H19N4O4.Co/c2*1-4-20(5-2)12-6-8-14(16(22)11-12)18-19-15-10-13(21(23)24)7-9-17(15)25-3;/h2*6-11,22H,3-5H2,1-2H3;/q2*-1;+2. The number of ether oxygens (including phenoxy) is 2. The minimum atomic E-state index is -0.539. The second-order valence-electron chi connectivity index (χ2n) is 10.2. The van der Waals surface area contributed by atoms with Crippen LogP contribution in [0.2, 0.25) is 0 Å². The molecule has 0 atom stereocenters. The van der Waals surface area contributed by atoms with Crippen LogP contribution in [0.5, 0.6) is 23.0 Å². The number of hydrogen-bond acceptors (Lipinski definition) is 14. The van der Waals surface area contributed by atoms with Crippen molar-refractivity contribution < 1.29 is 46.3 Å². The van der Waals surface area contributed by atoms with Gasteiger partial charge in [-0.25, -0.2) is 0 Å². The first kappa shape index (κ1) is 41.4. The Bertz CT molecular complexity index is 1720. The largest absolute Gasteiger partial charge is 2.00 e. The number of azo groups is 2. The van der Waals surface area contributed by atoms with E-state index in [2.05, 4.69) is 44.5 Å². The molecule has 2 N–H and O–H groups in total. The number of nitro benzene ring substituents is 2. The van der Waals surface area contributed by atoms with Gasteiger partial charge in [0.25, 0.3) is 11.4 Å². The first-order chi connectivity index (χ1) is 24.0. The van der Waals surface area contributed by atoms with Crippen LogP contribution in [0.25, 0.3) is 0 Å². The molecule has 0 unspecified atom stereocenters. The SMILES string of the molecule is [CH2-]Oc1ccc([N+](=O)[O-])cc1N=Nc1ccc(N(CC)CC)cc1O.[CH2-]Oc1ccc([N+](=O)[O-])cc1N=Nc1ccc(N(CC)CC)cc1O.[Co+2]. The summed E-state index contributed by atoms with van der Waals surface area (Å²) in [5.41, 5.74) is 2.26. The molecule has 17 heteroatoms. The Labute approximate surface area is 305 Å². The summed E-state index contributed by atoms with van der Waals surface area (Å²) in [6.07, 6.45) is 0. The van der Waals surface area contributed by atoms with E-state index in [1.165, 1.54) is 36.4 Å². The van der Waals surface area contributed by atoms with Crippen molar-refractivity contribution in [3.8, 4) is 23.0 Å². The Morgan fingerprint density at radius 2 is 0.922 bits per heavy atom. The van der Waals surface area contributed by atoms with Crippen molar-refractivity contribution in [3.63, 3.8) is 0 Å². The quantitative estimate of drug-likeness (QED) is 0.0542. The van der Waals surface area contributed by atoms with Gasteiger partial charge in [0.1, 0.15) is 45.7 Å². The van der Waals surface area contributed by atoms with Gasteiger partial charge in [-0.2, -0.15) is 14.2 Å². The van der Waals surface area contributed by atoms with E-state index in [0.29, 0.717) is 0 Å². The molecule has 4 aromatic rings. The van der Waals surface area contributed by atoms with Crippen LogP contribution >= 0.6 is 0 Å². The monoisotopic (exact) mass is 745 g/mol. The number of aromatic hydroxyl groups is 2. The molecular formula is C34H38CoN8O8. The molecule has 51 heavy (non-hydrogen) atoms. The number of phenolic OH excluding ortho intramolecular Hbond substituents is 2. The van der Waals surface area contributed by atoms with Crippen molar-refractivity contribution in [3.05, 3.63) is 107 Å². The van der Waals surface area contributed by atoms with E-state index in [1.807, 2.05) is 39.8 Å².